The molecule has 1 amide bonds. The van der Waals surface area contributed by atoms with E-state index in [1.54, 1.807) is 6.92 Å². The first kappa shape index (κ1) is 15.9. The number of hydrogen-bond acceptors (Lipinski definition) is 3. The second-order valence-corrected chi connectivity index (χ2v) is 4.76. The lowest BCUT2D eigenvalue weighted by Crippen LogP contribution is -2.38. The van der Waals surface area contributed by atoms with Crippen molar-refractivity contribution >= 4 is 17.6 Å². The molecule has 0 saturated heterocycles. The number of halogens is 2. The number of carboxylic acid groups (broad SMARTS) is 1. The van der Waals surface area contributed by atoms with E-state index in [-0.39, 0.29) is 31.7 Å². The van der Waals surface area contributed by atoms with Gasteiger partial charge in [0.15, 0.2) is 11.6 Å². The molecule has 0 bridgehead atoms. The lowest BCUT2D eigenvalue weighted by Gasteiger charge is -2.28. The Morgan fingerprint density at radius 1 is 1.32 bits per heavy atom. The van der Waals surface area contributed by atoms with Gasteiger partial charge >= 0.3 is 12.1 Å². The summed E-state index contributed by atoms with van der Waals surface area (Å²) in [7, 11) is 0. The van der Waals surface area contributed by atoms with Gasteiger partial charge in [-0.3, -0.25) is 0 Å². The van der Waals surface area contributed by atoms with Crippen LogP contribution in [0.4, 0.5) is 13.6 Å². The van der Waals surface area contributed by atoms with Crippen molar-refractivity contribution in [3.8, 4) is 0 Å². The molecule has 7 heteroatoms. The van der Waals surface area contributed by atoms with Gasteiger partial charge in [-0.15, -0.1) is 0 Å². The molecule has 0 saturated carbocycles. The van der Waals surface area contributed by atoms with Crippen molar-refractivity contribution in [2.75, 3.05) is 19.7 Å². The van der Waals surface area contributed by atoms with Crippen molar-refractivity contribution in [2.24, 2.45) is 0 Å². The molecule has 1 heterocycles. The summed E-state index contributed by atoms with van der Waals surface area (Å²) in [5, 5.41) is 9.05. The molecule has 0 unspecified atom stereocenters. The highest BCUT2D eigenvalue weighted by atomic mass is 19.2. The van der Waals surface area contributed by atoms with Crippen LogP contribution in [0.2, 0.25) is 0 Å². The Labute approximate surface area is 125 Å². The molecule has 0 fully saturated rings. The molecule has 1 N–H and O–H groups in total. The zero-order chi connectivity index (χ0) is 16.3. The minimum Gasteiger partial charge on any atom is -0.465 e. The largest absolute Gasteiger partial charge is 0.465 e. The zero-order valence-corrected chi connectivity index (χ0v) is 11.9. The van der Waals surface area contributed by atoms with Gasteiger partial charge in [0.25, 0.3) is 0 Å². The summed E-state index contributed by atoms with van der Waals surface area (Å²) in [4.78, 5) is 24.2. The first-order chi connectivity index (χ1) is 10.4. The maximum atomic E-state index is 13.4. The summed E-state index contributed by atoms with van der Waals surface area (Å²) >= 11 is 0. The number of nitrogens with zero attached hydrogens (tertiary/aromatic N) is 1. The molecule has 0 atom stereocenters. The normalized spacial score (nSPS) is 15.0. The van der Waals surface area contributed by atoms with Gasteiger partial charge in [0.2, 0.25) is 0 Å². The van der Waals surface area contributed by atoms with Gasteiger partial charge in [-0.2, -0.15) is 0 Å². The topological polar surface area (TPSA) is 66.8 Å². The van der Waals surface area contributed by atoms with Crippen molar-refractivity contribution in [2.45, 2.75) is 13.3 Å². The average molecular weight is 311 g/mol. The fourth-order valence-corrected chi connectivity index (χ4v) is 2.33. The molecule has 5 nitrogen and oxygen atoms in total. The van der Waals surface area contributed by atoms with E-state index in [9.17, 15) is 18.4 Å². The number of rotatable bonds is 3. The smallest absolute Gasteiger partial charge is 0.407 e. The Hall–Kier alpha value is -2.44. The van der Waals surface area contributed by atoms with E-state index in [2.05, 4.69) is 0 Å². The fraction of sp³-hybridized carbons (Fsp3) is 0.333. The van der Waals surface area contributed by atoms with Crippen LogP contribution in [0, 0.1) is 11.6 Å². The second-order valence-electron chi connectivity index (χ2n) is 4.76. The average Bonchev–Trinajstić information content (AvgIpc) is 2.49. The molecular weight excluding hydrogens is 296 g/mol. The van der Waals surface area contributed by atoms with E-state index in [0.29, 0.717) is 11.1 Å². The molecule has 118 valence electrons. The monoisotopic (exact) mass is 311 g/mol. The molecule has 0 aromatic heterocycles. The third kappa shape index (κ3) is 3.24. The van der Waals surface area contributed by atoms with Crippen molar-refractivity contribution in [1.29, 1.82) is 0 Å². The fourth-order valence-electron chi connectivity index (χ4n) is 2.33. The van der Waals surface area contributed by atoms with Gasteiger partial charge in [-0.1, -0.05) is 6.07 Å². The summed E-state index contributed by atoms with van der Waals surface area (Å²) in [6.07, 6.45) is -0.919. The Bertz CT molecular complexity index is 642. The van der Waals surface area contributed by atoms with Gasteiger partial charge in [0.05, 0.1) is 18.7 Å². The molecule has 1 aromatic carbocycles. The highest BCUT2D eigenvalue weighted by molar-refractivity contribution is 5.99. The van der Waals surface area contributed by atoms with E-state index in [1.807, 2.05) is 0 Å². The SMILES string of the molecule is CCOC(=O)C1=C(c2ccc(F)c(F)c2)CCN(C(=O)O)C1. The third-order valence-electron chi connectivity index (χ3n) is 3.41. The first-order valence-corrected chi connectivity index (χ1v) is 6.76. The van der Waals surface area contributed by atoms with Crippen LogP contribution >= 0.6 is 0 Å². The molecule has 0 spiro atoms. The number of carbonyl (C=O) groups excluding carboxylic acids is 1. The van der Waals surface area contributed by atoms with Gasteiger partial charge in [-0.25, -0.2) is 18.4 Å². The molecule has 1 aliphatic rings. The second kappa shape index (κ2) is 6.55. The van der Waals surface area contributed by atoms with Crippen LogP contribution in [0.1, 0.15) is 18.9 Å². The van der Waals surface area contributed by atoms with Crippen LogP contribution < -0.4 is 0 Å². The van der Waals surface area contributed by atoms with E-state index >= 15 is 0 Å². The third-order valence-corrected chi connectivity index (χ3v) is 3.41. The minimum absolute atomic E-state index is 0.136. The number of hydrogen-bond donors (Lipinski definition) is 1. The number of benzene rings is 1. The summed E-state index contributed by atoms with van der Waals surface area (Å²) < 4.78 is 31.4. The summed E-state index contributed by atoms with van der Waals surface area (Å²) in [6, 6.07) is 3.34. The Balaban J connectivity index is 2.45. The molecule has 22 heavy (non-hydrogen) atoms. The number of ether oxygens (including phenoxy) is 1. The molecule has 1 aliphatic heterocycles. The molecule has 0 aliphatic carbocycles. The van der Waals surface area contributed by atoms with Crippen molar-refractivity contribution < 1.29 is 28.2 Å². The maximum absolute atomic E-state index is 13.4. The lowest BCUT2D eigenvalue weighted by molar-refractivity contribution is -0.138. The van der Waals surface area contributed by atoms with Crippen molar-refractivity contribution in [1.82, 2.24) is 4.90 Å². The van der Waals surface area contributed by atoms with Crippen LogP contribution in [0.3, 0.4) is 0 Å². The van der Waals surface area contributed by atoms with E-state index in [0.717, 1.165) is 17.0 Å². The van der Waals surface area contributed by atoms with Crippen LogP contribution in [-0.4, -0.2) is 41.8 Å². The van der Waals surface area contributed by atoms with Gasteiger partial charge in [-0.05, 0) is 36.6 Å². The van der Waals surface area contributed by atoms with Gasteiger partial charge in [0.1, 0.15) is 0 Å². The Morgan fingerprint density at radius 3 is 2.64 bits per heavy atom. The Kier molecular flexibility index (Phi) is 4.75. The molecular formula is C15H15F2NO4. The van der Waals surface area contributed by atoms with Gasteiger partial charge in [0, 0.05) is 6.54 Å². The van der Waals surface area contributed by atoms with E-state index in [4.69, 9.17) is 9.84 Å². The van der Waals surface area contributed by atoms with E-state index < -0.39 is 23.7 Å². The predicted molar refractivity (Wildman–Crippen MR) is 74.1 cm³/mol. The summed E-state index contributed by atoms with van der Waals surface area (Å²) in [5.41, 5.74) is 0.989. The number of carbonyl (C=O) groups is 2. The molecule has 0 radical (unpaired) electrons. The summed E-state index contributed by atoms with van der Waals surface area (Å²) in [6.45, 7) is 1.81. The maximum Gasteiger partial charge on any atom is 0.407 e. The molecule has 2 rings (SSSR count). The van der Waals surface area contributed by atoms with Crippen LogP contribution in [0.25, 0.3) is 5.57 Å². The first-order valence-electron chi connectivity index (χ1n) is 6.76. The predicted octanol–water partition coefficient (Wildman–Crippen LogP) is 2.67. The van der Waals surface area contributed by atoms with Crippen molar-refractivity contribution in [3.63, 3.8) is 0 Å². The van der Waals surface area contributed by atoms with Crippen LogP contribution in [0.5, 0.6) is 0 Å². The number of amides is 1. The Morgan fingerprint density at radius 2 is 2.05 bits per heavy atom. The van der Waals surface area contributed by atoms with E-state index in [1.165, 1.54) is 6.07 Å². The highest BCUT2D eigenvalue weighted by Gasteiger charge is 2.28. The minimum atomic E-state index is -1.15. The lowest BCUT2D eigenvalue weighted by atomic mass is 9.93. The quantitative estimate of drug-likeness (QED) is 0.872. The highest BCUT2D eigenvalue weighted by Crippen LogP contribution is 2.29. The zero-order valence-electron chi connectivity index (χ0n) is 11.9. The molecule has 1 aromatic rings. The number of esters is 1. The van der Waals surface area contributed by atoms with Crippen LogP contribution in [-0.2, 0) is 9.53 Å². The van der Waals surface area contributed by atoms with Gasteiger partial charge < -0.3 is 14.7 Å². The standard InChI is InChI=1S/C15H15F2NO4/c1-2-22-14(19)11-8-18(15(20)21)6-5-10(11)9-3-4-12(16)13(17)7-9/h3-4,7H,2,5-6,8H2,1H3,(H,20,21). The van der Waals surface area contributed by atoms with Crippen molar-refractivity contribution in [3.05, 3.63) is 41.0 Å². The summed E-state index contributed by atoms with van der Waals surface area (Å²) in [5.74, 6) is -2.65. The van der Waals surface area contributed by atoms with Crippen LogP contribution in [0.15, 0.2) is 23.8 Å².